The molecule has 0 aliphatic heterocycles. The van der Waals surface area contributed by atoms with E-state index in [1.165, 1.54) is 11.3 Å². The van der Waals surface area contributed by atoms with Crippen LogP contribution in [0.15, 0.2) is 51.9 Å². The lowest BCUT2D eigenvalue weighted by Gasteiger charge is -2.13. The third kappa shape index (κ3) is 4.74. The Morgan fingerprint density at radius 1 is 0.903 bits per heavy atom. The lowest BCUT2D eigenvalue weighted by Crippen LogP contribution is -2.15. The summed E-state index contributed by atoms with van der Waals surface area (Å²) in [6.07, 6.45) is 0. The van der Waals surface area contributed by atoms with Gasteiger partial charge in [0, 0.05) is 29.1 Å². The van der Waals surface area contributed by atoms with Crippen molar-refractivity contribution in [2.24, 2.45) is 10.1 Å². The van der Waals surface area contributed by atoms with Crippen LogP contribution in [0, 0.1) is 0 Å². The smallest absolute Gasteiger partial charge is 0.206 e. The summed E-state index contributed by atoms with van der Waals surface area (Å²) in [6.45, 7) is 4.59. The molecule has 1 aromatic heterocycles. The quantitative estimate of drug-likeness (QED) is 0.485. The summed E-state index contributed by atoms with van der Waals surface area (Å²) in [6, 6.07) is 11.4. The highest BCUT2D eigenvalue weighted by atomic mass is 32.1. The molecule has 0 aliphatic carbocycles. The normalized spacial score (nSPS) is 12.1. The Morgan fingerprint density at radius 2 is 1.58 bits per heavy atom. The average Bonchev–Trinajstić information content (AvgIpc) is 3.19. The van der Waals surface area contributed by atoms with Crippen LogP contribution < -0.4 is 23.7 Å². The van der Waals surface area contributed by atoms with Crippen molar-refractivity contribution in [3.05, 3.63) is 52.1 Å². The third-order valence-corrected chi connectivity index (χ3v) is 5.56. The zero-order chi connectivity index (χ0) is 22.4. The van der Waals surface area contributed by atoms with Crippen LogP contribution in [0.25, 0.3) is 11.3 Å². The average molecular weight is 442 g/mol. The predicted octanol–water partition coefficient (Wildman–Crippen LogP) is 4.44. The number of benzene rings is 2. The number of nitrogens with zero attached hydrogens (tertiary/aromatic N) is 3. The third-order valence-electron chi connectivity index (χ3n) is 4.71. The van der Waals surface area contributed by atoms with E-state index < -0.39 is 0 Å². The molecule has 0 N–H and O–H groups in total. The van der Waals surface area contributed by atoms with Crippen LogP contribution in [-0.2, 0) is 0 Å². The van der Waals surface area contributed by atoms with Gasteiger partial charge < -0.3 is 18.9 Å². The minimum atomic E-state index is 0.650. The zero-order valence-electron chi connectivity index (χ0n) is 18.6. The fourth-order valence-corrected chi connectivity index (χ4v) is 4.02. The highest BCUT2D eigenvalue weighted by Gasteiger charge is 2.15. The molecule has 7 nitrogen and oxygen atoms in total. The Kier molecular flexibility index (Phi) is 7.36. The number of methoxy groups -OCH3 is 4. The first-order valence-corrected chi connectivity index (χ1v) is 10.7. The van der Waals surface area contributed by atoms with Gasteiger partial charge in [-0.2, -0.15) is 5.10 Å². The van der Waals surface area contributed by atoms with E-state index in [-0.39, 0.29) is 0 Å². The van der Waals surface area contributed by atoms with Gasteiger partial charge in [-0.15, -0.1) is 11.3 Å². The topological polar surface area (TPSA) is 66.6 Å². The van der Waals surface area contributed by atoms with Crippen molar-refractivity contribution >= 4 is 17.0 Å². The number of aromatic nitrogens is 1. The van der Waals surface area contributed by atoms with Gasteiger partial charge >= 0.3 is 0 Å². The molecule has 8 heteroatoms. The Bertz CT molecular complexity index is 1150. The van der Waals surface area contributed by atoms with Crippen molar-refractivity contribution < 1.29 is 18.9 Å². The highest BCUT2D eigenvalue weighted by Crippen LogP contribution is 2.34. The molecular weight excluding hydrogens is 414 g/mol. The predicted molar refractivity (Wildman–Crippen MR) is 124 cm³/mol. The molecule has 31 heavy (non-hydrogen) atoms. The van der Waals surface area contributed by atoms with Gasteiger partial charge in [-0.3, -0.25) is 4.99 Å². The molecule has 0 unspecified atom stereocenters. The second-order valence-corrected chi connectivity index (χ2v) is 7.34. The Hall–Kier alpha value is -3.26. The van der Waals surface area contributed by atoms with Crippen LogP contribution in [-0.4, -0.2) is 45.4 Å². The molecule has 1 heterocycles. The van der Waals surface area contributed by atoms with Gasteiger partial charge in [0.25, 0.3) is 0 Å². The minimum absolute atomic E-state index is 0.650. The molecule has 0 aliphatic rings. The van der Waals surface area contributed by atoms with Gasteiger partial charge in [0.1, 0.15) is 23.0 Å². The van der Waals surface area contributed by atoms with E-state index >= 15 is 0 Å². The number of thiazole rings is 1. The van der Waals surface area contributed by atoms with Crippen LogP contribution in [0.2, 0.25) is 0 Å². The van der Waals surface area contributed by atoms with Crippen LogP contribution in [0.4, 0.5) is 0 Å². The van der Waals surface area contributed by atoms with Crippen LogP contribution in [0.3, 0.4) is 0 Å². The summed E-state index contributed by atoms with van der Waals surface area (Å²) in [5.41, 5.74) is 3.38. The van der Waals surface area contributed by atoms with Crippen LogP contribution in [0.1, 0.15) is 19.4 Å². The number of rotatable bonds is 8. The summed E-state index contributed by atoms with van der Waals surface area (Å²) in [4.78, 5) is 5.41. The maximum absolute atomic E-state index is 5.62. The molecule has 0 atom stereocenters. The number of hydrogen-bond donors (Lipinski definition) is 0. The molecule has 2 aromatic carbocycles. The fourth-order valence-electron chi connectivity index (χ4n) is 3.14. The van der Waals surface area contributed by atoms with Gasteiger partial charge in [0.2, 0.25) is 4.80 Å². The van der Waals surface area contributed by atoms with Gasteiger partial charge in [-0.25, -0.2) is 4.68 Å². The molecule has 0 spiro atoms. The molecule has 0 bridgehead atoms. The van der Waals surface area contributed by atoms with E-state index in [2.05, 4.69) is 4.99 Å². The van der Waals surface area contributed by atoms with Crippen molar-refractivity contribution in [1.29, 1.82) is 0 Å². The van der Waals surface area contributed by atoms with Gasteiger partial charge in [-0.1, -0.05) is 0 Å². The standard InChI is InChI=1S/C23H27N3O4S/c1-7-24-23-26(25-15(2)19-12-16(27-3)9-11-21(19)29-5)20(14-31-23)18-10-8-17(28-4)13-22(18)30-6/h8-14H,7H2,1-6H3. The number of ether oxygens (including phenoxy) is 4. The van der Waals surface area contributed by atoms with Crippen molar-refractivity contribution in [3.8, 4) is 34.3 Å². The van der Waals surface area contributed by atoms with E-state index in [1.54, 1.807) is 28.4 Å². The Balaban J connectivity index is 2.21. The monoisotopic (exact) mass is 441 g/mol. The molecule has 3 rings (SSSR count). The van der Waals surface area contributed by atoms with Crippen molar-refractivity contribution in [2.75, 3.05) is 35.0 Å². The number of hydrogen-bond acceptors (Lipinski definition) is 7. The molecular formula is C23H27N3O4S. The van der Waals surface area contributed by atoms with E-state index in [1.807, 2.05) is 60.3 Å². The Morgan fingerprint density at radius 3 is 2.23 bits per heavy atom. The molecule has 0 saturated heterocycles. The molecule has 3 aromatic rings. The van der Waals surface area contributed by atoms with Gasteiger partial charge in [0.05, 0.1) is 39.8 Å². The highest BCUT2D eigenvalue weighted by molar-refractivity contribution is 7.07. The molecule has 0 saturated carbocycles. The first-order valence-electron chi connectivity index (χ1n) is 9.77. The van der Waals surface area contributed by atoms with E-state index in [0.29, 0.717) is 12.3 Å². The molecule has 164 valence electrons. The van der Waals surface area contributed by atoms with Crippen LogP contribution >= 0.6 is 11.3 Å². The second kappa shape index (κ2) is 10.2. The maximum Gasteiger partial charge on any atom is 0.206 e. The largest absolute Gasteiger partial charge is 0.497 e. The zero-order valence-corrected chi connectivity index (χ0v) is 19.4. The van der Waals surface area contributed by atoms with Crippen molar-refractivity contribution in [2.45, 2.75) is 13.8 Å². The molecule has 0 amide bonds. The fraction of sp³-hybridized carbons (Fsp3) is 0.304. The summed E-state index contributed by atoms with van der Waals surface area (Å²) in [5.74, 6) is 2.87. The van der Waals surface area contributed by atoms with Crippen molar-refractivity contribution in [1.82, 2.24) is 4.68 Å². The summed E-state index contributed by atoms with van der Waals surface area (Å²) in [5, 5.41) is 6.94. The van der Waals surface area contributed by atoms with E-state index in [9.17, 15) is 0 Å². The van der Waals surface area contributed by atoms with Crippen molar-refractivity contribution in [3.63, 3.8) is 0 Å². The lowest BCUT2D eigenvalue weighted by molar-refractivity contribution is 0.395. The molecule has 0 radical (unpaired) electrons. The van der Waals surface area contributed by atoms with E-state index in [0.717, 1.165) is 44.6 Å². The minimum Gasteiger partial charge on any atom is -0.497 e. The van der Waals surface area contributed by atoms with E-state index in [4.69, 9.17) is 24.0 Å². The van der Waals surface area contributed by atoms with Gasteiger partial charge in [-0.05, 0) is 44.2 Å². The molecule has 0 fully saturated rings. The van der Waals surface area contributed by atoms with Crippen LogP contribution in [0.5, 0.6) is 23.0 Å². The second-order valence-electron chi connectivity index (χ2n) is 6.51. The SMILES string of the molecule is CCN=c1scc(-c2ccc(OC)cc2OC)n1N=C(C)c1cc(OC)ccc1OC. The first kappa shape index (κ1) is 22.4. The summed E-state index contributed by atoms with van der Waals surface area (Å²) >= 11 is 1.53. The summed E-state index contributed by atoms with van der Waals surface area (Å²) < 4.78 is 23.7. The lowest BCUT2D eigenvalue weighted by atomic mass is 10.1. The summed E-state index contributed by atoms with van der Waals surface area (Å²) in [7, 11) is 6.55. The van der Waals surface area contributed by atoms with Gasteiger partial charge in [0.15, 0.2) is 0 Å². The first-order chi connectivity index (χ1) is 15.1. The maximum atomic E-state index is 5.62. The Labute approximate surface area is 186 Å².